The standard InChI is InChI=1S/C27H29N3O3S/c1-5-19(4)33-22-14-11-20(12-15-22)25(31)30-27(34)29-24-9-7-6-8-23(24)26(32)28-21-13-10-17(2)18(3)16-21/h6-16,19H,5H2,1-4H3,(H,28,32)(H2,29,30,31,34). The van der Waals surface area contributed by atoms with Crippen LogP contribution < -0.4 is 20.7 Å². The second kappa shape index (κ2) is 11.4. The van der Waals surface area contributed by atoms with Crippen molar-refractivity contribution in [2.45, 2.75) is 40.2 Å². The Morgan fingerprint density at radius 2 is 1.62 bits per heavy atom. The van der Waals surface area contributed by atoms with Gasteiger partial charge in [-0.2, -0.15) is 0 Å². The molecule has 7 heteroatoms. The van der Waals surface area contributed by atoms with Crippen molar-refractivity contribution in [3.63, 3.8) is 0 Å². The zero-order valence-corrected chi connectivity index (χ0v) is 20.6. The minimum atomic E-state index is -0.357. The van der Waals surface area contributed by atoms with E-state index in [1.165, 1.54) is 0 Å². The molecule has 3 N–H and O–H groups in total. The fraction of sp³-hybridized carbons (Fsp3) is 0.222. The van der Waals surface area contributed by atoms with Gasteiger partial charge in [-0.3, -0.25) is 14.9 Å². The first-order valence-corrected chi connectivity index (χ1v) is 11.5. The van der Waals surface area contributed by atoms with E-state index in [1.807, 2.05) is 45.9 Å². The van der Waals surface area contributed by atoms with Crippen LogP contribution in [0.15, 0.2) is 66.7 Å². The summed E-state index contributed by atoms with van der Waals surface area (Å²) in [6.07, 6.45) is 0.996. The topological polar surface area (TPSA) is 79.5 Å². The van der Waals surface area contributed by atoms with Crippen LogP contribution in [0.4, 0.5) is 11.4 Å². The average Bonchev–Trinajstić information content (AvgIpc) is 2.82. The number of carbonyl (C=O) groups is 2. The molecule has 0 saturated heterocycles. The fourth-order valence-electron chi connectivity index (χ4n) is 3.14. The van der Waals surface area contributed by atoms with Crippen LogP contribution in [0.5, 0.6) is 5.75 Å². The van der Waals surface area contributed by atoms with Gasteiger partial charge in [-0.05, 0) is 99.1 Å². The lowest BCUT2D eigenvalue weighted by atomic mass is 10.1. The number of rotatable bonds is 7. The number of amides is 2. The molecule has 0 heterocycles. The molecule has 0 saturated carbocycles. The summed E-state index contributed by atoms with van der Waals surface area (Å²) in [5.74, 6) is 0.0670. The number of hydrogen-bond acceptors (Lipinski definition) is 4. The zero-order valence-electron chi connectivity index (χ0n) is 19.8. The van der Waals surface area contributed by atoms with Crippen molar-refractivity contribution in [1.29, 1.82) is 0 Å². The van der Waals surface area contributed by atoms with Crippen LogP contribution in [0, 0.1) is 13.8 Å². The molecule has 0 radical (unpaired) electrons. The molecule has 0 aromatic heterocycles. The molecule has 1 atom stereocenters. The Morgan fingerprint density at radius 3 is 2.29 bits per heavy atom. The smallest absolute Gasteiger partial charge is 0.257 e. The van der Waals surface area contributed by atoms with Gasteiger partial charge in [-0.15, -0.1) is 0 Å². The first-order chi connectivity index (χ1) is 16.3. The highest BCUT2D eigenvalue weighted by Gasteiger charge is 2.14. The van der Waals surface area contributed by atoms with Gasteiger partial charge in [-0.1, -0.05) is 25.1 Å². The lowest BCUT2D eigenvalue weighted by molar-refractivity contribution is 0.0976. The summed E-state index contributed by atoms with van der Waals surface area (Å²) in [4.78, 5) is 25.5. The maximum absolute atomic E-state index is 12.9. The lowest BCUT2D eigenvalue weighted by Gasteiger charge is -2.15. The molecular weight excluding hydrogens is 446 g/mol. The van der Waals surface area contributed by atoms with Crippen LogP contribution in [0.2, 0.25) is 0 Å². The third-order valence-electron chi connectivity index (χ3n) is 5.44. The number of carbonyl (C=O) groups excluding carboxylic acids is 2. The predicted molar refractivity (Wildman–Crippen MR) is 141 cm³/mol. The van der Waals surface area contributed by atoms with E-state index in [0.717, 1.165) is 17.5 Å². The van der Waals surface area contributed by atoms with E-state index in [2.05, 4.69) is 16.0 Å². The number of hydrogen-bond donors (Lipinski definition) is 3. The Labute approximate surface area is 205 Å². The Balaban J connectivity index is 1.64. The fourth-order valence-corrected chi connectivity index (χ4v) is 3.34. The molecule has 3 aromatic rings. The molecule has 1 unspecified atom stereocenters. The van der Waals surface area contributed by atoms with Crippen LogP contribution in [0.1, 0.15) is 52.1 Å². The van der Waals surface area contributed by atoms with Crippen molar-refractivity contribution in [2.24, 2.45) is 0 Å². The third-order valence-corrected chi connectivity index (χ3v) is 5.64. The number of ether oxygens (including phenoxy) is 1. The van der Waals surface area contributed by atoms with Crippen molar-refractivity contribution < 1.29 is 14.3 Å². The minimum Gasteiger partial charge on any atom is -0.491 e. The van der Waals surface area contributed by atoms with Crippen LogP contribution >= 0.6 is 12.2 Å². The molecule has 34 heavy (non-hydrogen) atoms. The summed E-state index contributed by atoms with van der Waals surface area (Å²) in [5, 5.41) is 8.61. The summed E-state index contributed by atoms with van der Waals surface area (Å²) in [6.45, 7) is 8.05. The van der Waals surface area contributed by atoms with E-state index in [1.54, 1.807) is 48.5 Å². The minimum absolute atomic E-state index is 0.0939. The van der Waals surface area contributed by atoms with E-state index in [4.69, 9.17) is 17.0 Å². The number of thiocarbonyl (C=S) groups is 1. The van der Waals surface area contributed by atoms with E-state index in [9.17, 15) is 9.59 Å². The Bertz CT molecular complexity index is 1190. The summed E-state index contributed by atoms with van der Waals surface area (Å²) < 4.78 is 5.74. The number of benzene rings is 3. The SMILES string of the molecule is CCC(C)Oc1ccc(C(=O)NC(=S)Nc2ccccc2C(=O)Nc2ccc(C)c(C)c2)cc1. The van der Waals surface area contributed by atoms with Gasteiger partial charge >= 0.3 is 0 Å². The van der Waals surface area contributed by atoms with Crippen LogP contribution in [0.3, 0.4) is 0 Å². The average molecular weight is 476 g/mol. The molecule has 2 amide bonds. The van der Waals surface area contributed by atoms with Crippen molar-refractivity contribution in [3.8, 4) is 5.75 Å². The molecule has 3 rings (SSSR count). The van der Waals surface area contributed by atoms with Crippen LogP contribution in [-0.4, -0.2) is 23.0 Å². The first-order valence-electron chi connectivity index (χ1n) is 11.1. The van der Waals surface area contributed by atoms with Gasteiger partial charge in [0.15, 0.2) is 5.11 Å². The Kier molecular flexibility index (Phi) is 8.38. The summed E-state index contributed by atoms with van der Waals surface area (Å²) in [6, 6.07) is 19.6. The normalized spacial score (nSPS) is 11.3. The van der Waals surface area contributed by atoms with E-state index in [0.29, 0.717) is 28.3 Å². The molecule has 0 fully saturated rings. The van der Waals surface area contributed by atoms with Gasteiger partial charge in [-0.25, -0.2) is 0 Å². The third kappa shape index (κ3) is 6.65. The van der Waals surface area contributed by atoms with Crippen LogP contribution in [0.25, 0.3) is 0 Å². The van der Waals surface area contributed by atoms with Gasteiger partial charge in [0.25, 0.3) is 11.8 Å². The number of nitrogens with one attached hydrogen (secondary N) is 3. The Hall–Kier alpha value is -3.71. The van der Waals surface area contributed by atoms with E-state index < -0.39 is 0 Å². The molecule has 0 aliphatic carbocycles. The highest BCUT2D eigenvalue weighted by molar-refractivity contribution is 7.80. The number of aryl methyl sites for hydroxylation is 2. The second-order valence-corrected chi connectivity index (χ2v) is 8.48. The van der Waals surface area contributed by atoms with Crippen LogP contribution in [-0.2, 0) is 0 Å². The molecule has 0 aliphatic heterocycles. The summed E-state index contributed by atoms with van der Waals surface area (Å²) in [7, 11) is 0. The summed E-state index contributed by atoms with van der Waals surface area (Å²) >= 11 is 5.32. The molecule has 176 valence electrons. The first kappa shape index (κ1) is 24.9. The zero-order chi connectivity index (χ0) is 24.7. The van der Waals surface area contributed by atoms with Gasteiger partial charge in [0.2, 0.25) is 0 Å². The molecule has 0 spiro atoms. The van der Waals surface area contributed by atoms with Crippen molar-refractivity contribution >= 4 is 40.5 Å². The molecule has 0 bridgehead atoms. The van der Waals surface area contributed by atoms with E-state index in [-0.39, 0.29) is 23.0 Å². The molecule has 0 aliphatic rings. The number of para-hydroxylation sites is 1. The van der Waals surface area contributed by atoms with Crippen molar-refractivity contribution in [1.82, 2.24) is 5.32 Å². The largest absolute Gasteiger partial charge is 0.491 e. The van der Waals surface area contributed by atoms with Gasteiger partial charge in [0, 0.05) is 11.3 Å². The maximum Gasteiger partial charge on any atom is 0.257 e. The van der Waals surface area contributed by atoms with Gasteiger partial charge in [0.1, 0.15) is 5.75 Å². The Morgan fingerprint density at radius 1 is 0.912 bits per heavy atom. The summed E-state index contributed by atoms with van der Waals surface area (Å²) in [5.41, 5.74) is 4.29. The van der Waals surface area contributed by atoms with Crippen molar-refractivity contribution in [2.75, 3.05) is 10.6 Å². The lowest BCUT2D eigenvalue weighted by Crippen LogP contribution is -2.34. The second-order valence-electron chi connectivity index (χ2n) is 8.07. The van der Waals surface area contributed by atoms with Gasteiger partial charge in [0.05, 0.1) is 17.4 Å². The molecule has 3 aromatic carbocycles. The highest BCUT2D eigenvalue weighted by atomic mass is 32.1. The number of anilines is 2. The van der Waals surface area contributed by atoms with E-state index >= 15 is 0 Å². The molecule has 6 nitrogen and oxygen atoms in total. The maximum atomic E-state index is 12.9. The predicted octanol–water partition coefficient (Wildman–Crippen LogP) is 5.86. The monoisotopic (exact) mass is 475 g/mol. The molecular formula is C27H29N3O3S. The highest BCUT2D eigenvalue weighted by Crippen LogP contribution is 2.20. The van der Waals surface area contributed by atoms with Gasteiger partial charge < -0.3 is 15.4 Å². The quantitative estimate of drug-likeness (QED) is 0.373. The van der Waals surface area contributed by atoms with Crippen molar-refractivity contribution in [3.05, 3.63) is 89.0 Å².